The third-order valence-corrected chi connectivity index (χ3v) is 5.84. The quantitative estimate of drug-likeness (QED) is 0.535. The summed E-state index contributed by atoms with van der Waals surface area (Å²) in [6.07, 6.45) is 1.50. The van der Waals surface area contributed by atoms with Crippen molar-refractivity contribution in [3.63, 3.8) is 0 Å². The lowest BCUT2D eigenvalue weighted by atomic mass is 9.77. The van der Waals surface area contributed by atoms with Crippen LogP contribution in [0.25, 0.3) is 5.69 Å². The standard InChI is InChI=1S/C22H23F3N6O2/c1-13-8-15(29-20-27-7-4-17(30-20)22(23,24)25)10-16(9-13)31-11-18(28-12-31)21(33)5-2-14(3-6-21)19(26)32/h4,7-12,14,33H,2-3,5-6H2,1H3,(H2,26,32)(H,27,29,30)/t14-,21+. The maximum Gasteiger partial charge on any atom is 0.433 e. The fourth-order valence-corrected chi connectivity index (χ4v) is 4.03. The maximum atomic E-state index is 12.9. The summed E-state index contributed by atoms with van der Waals surface area (Å²) in [6.45, 7) is 1.85. The molecule has 4 rings (SSSR count). The number of rotatable bonds is 5. The zero-order chi connectivity index (χ0) is 23.8. The van der Waals surface area contributed by atoms with E-state index in [0.29, 0.717) is 42.8 Å². The highest BCUT2D eigenvalue weighted by molar-refractivity contribution is 5.76. The van der Waals surface area contributed by atoms with Crippen LogP contribution in [0.5, 0.6) is 0 Å². The molecule has 174 valence electrons. The van der Waals surface area contributed by atoms with Crippen LogP contribution < -0.4 is 11.1 Å². The monoisotopic (exact) mass is 460 g/mol. The van der Waals surface area contributed by atoms with Crippen molar-refractivity contribution in [1.82, 2.24) is 19.5 Å². The summed E-state index contributed by atoms with van der Waals surface area (Å²) in [5.74, 6) is -0.767. The zero-order valence-corrected chi connectivity index (χ0v) is 17.8. The second-order valence-electron chi connectivity index (χ2n) is 8.32. The fraction of sp³-hybridized carbons (Fsp3) is 0.364. The molecule has 33 heavy (non-hydrogen) atoms. The Balaban J connectivity index is 1.56. The molecule has 3 aromatic rings. The fourth-order valence-electron chi connectivity index (χ4n) is 4.03. The average molecular weight is 460 g/mol. The van der Waals surface area contributed by atoms with E-state index >= 15 is 0 Å². The first-order chi connectivity index (χ1) is 15.5. The molecule has 1 aliphatic carbocycles. The van der Waals surface area contributed by atoms with Crippen molar-refractivity contribution in [2.45, 2.75) is 44.4 Å². The van der Waals surface area contributed by atoms with Crippen LogP contribution in [0, 0.1) is 12.8 Å². The first kappa shape index (κ1) is 22.7. The van der Waals surface area contributed by atoms with Crippen LogP contribution in [-0.4, -0.2) is 30.5 Å². The predicted molar refractivity (Wildman–Crippen MR) is 114 cm³/mol. The van der Waals surface area contributed by atoms with Gasteiger partial charge in [-0.1, -0.05) is 0 Å². The molecule has 1 saturated carbocycles. The number of nitrogens with zero attached hydrogens (tertiary/aromatic N) is 4. The molecule has 0 unspecified atom stereocenters. The SMILES string of the molecule is Cc1cc(Nc2nccc(C(F)(F)F)n2)cc(-n2cnc([C@]3(O)CC[C@@H](C(N)=O)CC3)c2)c1. The number of nitrogens with one attached hydrogen (secondary N) is 1. The van der Waals surface area contributed by atoms with Crippen molar-refractivity contribution < 1.29 is 23.1 Å². The van der Waals surface area contributed by atoms with Gasteiger partial charge in [0.2, 0.25) is 11.9 Å². The van der Waals surface area contributed by atoms with E-state index in [0.717, 1.165) is 17.8 Å². The van der Waals surface area contributed by atoms with E-state index < -0.39 is 17.5 Å². The molecule has 0 aliphatic heterocycles. The minimum absolute atomic E-state index is 0.173. The third kappa shape index (κ3) is 4.98. The van der Waals surface area contributed by atoms with E-state index in [1.165, 1.54) is 0 Å². The Kier molecular flexibility index (Phi) is 5.83. The molecule has 1 fully saturated rings. The van der Waals surface area contributed by atoms with Crippen molar-refractivity contribution >= 4 is 17.5 Å². The van der Waals surface area contributed by atoms with Gasteiger partial charge in [0.1, 0.15) is 11.3 Å². The average Bonchev–Trinajstić information content (AvgIpc) is 3.25. The normalized spacial score (nSPS) is 21.1. The van der Waals surface area contributed by atoms with Crippen molar-refractivity contribution in [2.24, 2.45) is 11.7 Å². The molecule has 0 bridgehead atoms. The number of alkyl halides is 3. The van der Waals surface area contributed by atoms with Gasteiger partial charge in [-0.2, -0.15) is 13.2 Å². The van der Waals surface area contributed by atoms with E-state index in [2.05, 4.69) is 20.3 Å². The molecule has 0 spiro atoms. The Hall–Kier alpha value is -3.47. The maximum absolute atomic E-state index is 12.9. The van der Waals surface area contributed by atoms with E-state index in [9.17, 15) is 23.1 Å². The summed E-state index contributed by atoms with van der Waals surface area (Å²) in [7, 11) is 0. The molecule has 0 radical (unpaired) electrons. The number of aliphatic hydroxyl groups is 1. The van der Waals surface area contributed by atoms with E-state index in [-0.39, 0.29) is 17.8 Å². The number of halogens is 3. The number of hydrogen-bond donors (Lipinski definition) is 3. The minimum Gasteiger partial charge on any atom is -0.383 e. The van der Waals surface area contributed by atoms with E-state index in [1.807, 2.05) is 13.0 Å². The van der Waals surface area contributed by atoms with E-state index in [4.69, 9.17) is 5.73 Å². The second-order valence-corrected chi connectivity index (χ2v) is 8.32. The molecule has 8 nitrogen and oxygen atoms in total. The summed E-state index contributed by atoms with van der Waals surface area (Å²) < 4.78 is 40.5. The lowest BCUT2D eigenvalue weighted by molar-refractivity contribution is -0.141. The molecule has 2 heterocycles. The van der Waals surface area contributed by atoms with Gasteiger partial charge in [-0.25, -0.2) is 15.0 Å². The Morgan fingerprint density at radius 2 is 1.97 bits per heavy atom. The molecule has 0 atom stereocenters. The van der Waals surface area contributed by atoms with Gasteiger partial charge in [0.05, 0.1) is 12.0 Å². The number of anilines is 2. The summed E-state index contributed by atoms with van der Waals surface area (Å²) in [5, 5.41) is 13.9. The van der Waals surface area contributed by atoms with Crippen LogP contribution in [0.2, 0.25) is 0 Å². The number of aromatic nitrogens is 4. The smallest absolute Gasteiger partial charge is 0.383 e. The van der Waals surface area contributed by atoms with Gasteiger partial charge in [-0.05, 0) is 62.4 Å². The summed E-state index contributed by atoms with van der Waals surface area (Å²) in [5.41, 5.74) is 5.72. The predicted octanol–water partition coefficient (Wildman–Crippen LogP) is 3.60. The number of primary amides is 1. The Morgan fingerprint density at radius 3 is 2.64 bits per heavy atom. The van der Waals surface area contributed by atoms with Gasteiger partial charge in [0.25, 0.3) is 0 Å². The Morgan fingerprint density at radius 1 is 1.24 bits per heavy atom. The third-order valence-electron chi connectivity index (χ3n) is 5.84. The van der Waals surface area contributed by atoms with Crippen LogP contribution >= 0.6 is 0 Å². The lowest BCUT2D eigenvalue weighted by Crippen LogP contribution is -2.36. The summed E-state index contributed by atoms with van der Waals surface area (Å²) in [6, 6.07) is 6.15. The van der Waals surface area contributed by atoms with Crippen LogP contribution in [0.4, 0.5) is 24.8 Å². The van der Waals surface area contributed by atoms with Gasteiger partial charge < -0.3 is 20.7 Å². The van der Waals surface area contributed by atoms with Crippen molar-refractivity contribution in [3.8, 4) is 5.69 Å². The highest BCUT2D eigenvalue weighted by Gasteiger charge is 2.38. The van der Waals surface area contributed by atoms with E-state index in [1.54, 1.807) is 29.2 Å². The Labute approximate surface area is 187 Å². The van der Waals surface area contributed by atoms with Crippen molar-refractivity contribution in [2.75, 3.05) is 5.32 Å². The van der Waals surface area contributed by atoms with Gasteiger partial charge in [0.15, 0.2) is 0 Å². The van der Waals surface area contributed by atoms with Gasteiger partial charge in [-0.15, -0.1) is 0 Å². The highest BCUT2D eigenvalue weighted by Crippen LogP contribution is 2.39. The van der Waals surface area contributed by atoms with Crippen molar-refractivity contribution in [3.05, 3.63) is 59.9 Å². The zero-order valence-electron chi connectivity index (χ0n) is 17.8. The number of benzene rings is 1. The number of amides is 1. The van der Waals surface area contributed by atoms with Gasteiger partial charge in [0, 0.05) is 29.7 Å². The molecule has 1 aliphatic rings. The van der Waals surface area contributed by atoms with Crippen molar-refractivity contribution in [1.29, 1.82) is 0 Å². The van der Waals surface area contributed by atoms with Crippen LogP contribution in [0.15, 0.2) is 43.0 Å². The number of imidazole rings is 1. The Bertz CT molecular complexity index is 1170. The minimum atomic E-state index is -4.57. The van der Waals surface area contributed by atoms with Crippen LogP contribution in [0.3, 0.4) is 0 Å². The molecule has 0 saturated heterocycles. The highest BCUT2D eigenvalue weighted by atomic mass is 19.4. The first-order valence-corrected chi connectivity index (χ1v) is 10.4. The molecular weight excluding hydrogens is 437 g/mol. The van der Waals surface area contributed by atoms with Gasteiger partial charge >= 0.3 is 6.18 Å². The number of hydrogen-bond acceptors (Lipinski definition) is 6. The topological polar surface area (TPSA) is 119 Å². The lowest BCUT2D eigenvalue weighted by Gasteiger charge is -2.33. The van der Waals surface area contributed by atoms with Crippen LogP contribution in [-0.2, 0) is 16.6 Å². The largest absolute Gasteiger partial charge is 0.433 e. The first-order valence-electron chi connectivity index (χ1n) is 10.4. The molecule has 1 aromatic carbocycles. The number of aryl methyl sites for hydroxylation is 1. The molecule has 1 amide bonds. The van der Waals surface area contributed by atoms with Gasteiger partial charge in [-0.3, -0.25) is 4.79 Å². The number of carbonyl (C=O) groups excluding carboxylic acids is 1. The summed E-state index contributed by atoms with van der Waals surface area (Å²) in [4.78, 5) is 23.2. The number of nitrogens with two attached hydrogens (primary N) is 1. The second kappa shape index (κ2) is 8.47. The number of carbonyl (C=O) groups is 1. The summed E-state index contributed by atoms with van der Waals surface area (Å²) >= 11 is 0. The molecule has 2 aromatic heterocycles. The molecule has 4 N–H and O–H groups in total. The van der Waals surface area contributed by atoms with Crippen LogP contribution in [0.1, 0.15) is 42.6 Å². The molecule has 11 heteroatoms. The molecular formula is C22H23F3N6O2.